The predicted octanol–water partition coefficient (Wildman–Crippen LogP) is 2.38. The largest absolute Gasteiger partial charge is 0.397 e. The fourth-order valence-electron chi connectivity index (χ4n) is 2.77. The zero-order valence-corrected chi connectivity index (χ0v) is 12.0. The van der Waals surface area contributed by atoms with Gasteiger partial charge < -0.3 is 16.4 Å². The van der Waals surface area contributed by atoms with Gasteiger partial charge in [0, 0.05) is 25.1 Å². The maximum Gasteiger partial charge on any atom is 0.251 e. The van der Waals surface area contributed by atoms with Crippen molar-refractivity contribution in [1.29, 1.82) is 0 Å². The third kappa shape index (κ3) is 2.57. The van der Waals surface area contributed by atoms with Crippen LogP contribution in [0.4, 0.5) is 11.4 Å². The molecule has 1 aliphatic carbocycles. The molecule has 1 unspecified atom stereocenters. The van der Waals surface area contributed by atoms with E-state index >= 15 is 0 Å². The molecule has 1 amide bonds. The molecule has 0 fully saturated rings. The number of benzene rings is 2. The number of amides is 1. The van der Waals surface area contributed by atoms with Crippen LogP contribution in [0.25, 0.3) is 0 Å². The predicted molar refractivity (Wildman–Crippen MR) is 85.6 cm³/mol. The lowest BCUT2D eigenvalue weighted by Crippen LogP contribution is -2.24. The van der Waals surface area contributed by atoms with Crippen LogP contribution in [0.2, 0.25) is 0 Å². The molecule has 4 N–H and O–H groups in total. The van der Waals surface area contributed by atoms with Gasteiger partial charge >= 0.3 is 0 Å². The first-order valence-electron chi connectivity index (χ1n) is 7.12. The van der Waals surface area contributed by atoms with Crippen LogP contribution in [-0.4, -0.2) is 19.5 Å². The molecule has 4 heteroatoms. The van der Waals surface area contributed by atoms with E-state index in [1.807, 2.05) is 0 Å². The van der Waals surface area contributed by atoms with Crippen molar-refractivity contribution in [2.24, 2.45) is 0 Å². The highest BCUT2D eigenvalue weighted by Crippen LogP contribution is 2.35. The highest BCUT2D eigenvalue weighted by atomic mass is 16.1. The fourth-order valence-corrected chi connectivity index (χ4v) is 2.77. The second kappa shape index (κ2) is 5.48. The van der Waals surface area contributed by atoms with Crippen LogP contribution in [0, 0.1) is 0 Å². The Morgan fingerprint density at radius 2 is 2.10 bits per heavy atom. The van der Waals surface area contributed by atoms with Crippen molar-refractivity contribution >= 4 is 17.3 Å². The Morgan fingerprint density at radius 3 is 2.86 bits per heavy atom. The SMILES string of the molecule is CNC(=O)c1ccc(N)c(NCC2Cc3ccccc32)c1. The van der Waals surface area contributed by atoms with Crippen LogP contribution in [0.5, 0.6) is 0 Å². The summed E-state index contributed by atoms with van der Waals surface area (Å²) >= 11 is 0. The summed E-state index contributed by atoms with van der Waals surface area (Å²) in [5.74, 6) is 0.413. The maximum atomic E-state index is 11.7. The number of nitrogens with one attached hydrogen (secondary N) is 2. The van der Waals surface area contributed by atoms with Crippen LogP contribution in [-0.2, 0) is 6.42 Å². The number of hydrogen-bond acceptors (Lipinski definition) is 3. The molecule has 0 radical (unpaired) electrons. The van der Waals surface area contributed by atoms with Gasteiger partial charge in [0.05, 0.1) is 11.4 Å². The van der Waals surface area contributed by atoms with Crippen LogP contribution >= 0.6 is 0 Å². The molecule has 0 bridgehead atoms. The Hall–Kier alpha value is -2.49. The molecular formula is C17H19N3O. The Bertz CT molecular complexity index is 681. The van der Waals surface area contributed by atoms with Gasteiger partial charge in [-0.25, -0.2) is 0 Å². The standard InChI is InChI=1S/C17H19N3O/c1-19-17(21)12-6-7-15(18)16(9-12)20-10-13-8-11-4-2-3-5-14(11)13/h2-7,9,13,20H,8,10,18H2,1H3,(H,19,21). The van der Waals surface area contributed by atoms with Gasteiger partial charge in [0.2, 0.25) is 0 Å². The highest BCUT2D eigenvalue weighted by Gasteiger charge is 2.25. The molecule has 2 aromatic rings. The minimum Gasteiger partial charge on any atom is -0.397 e. The molecule has 2 aromatic carbocycles. The summed E-state index contributed by atoms with van der Waals surface area (Å²) in [6.07, 6.45) is 1.10. The van der Waals surface area contributed by atoms with Crippen molar-refractivity contribution in [2.45, 2.75) is 12.3 Å². The zero-order chi connectivity index (χ0) is 14.8. The Morgan fingerprint density at radius 1 is 1.29 bits per heavy atom. The van der Waals surface area contributed by atoms with Crippen molar-refractivity contribution in [3.8, 4) is 0 Å². The number of carbonyl (C=O) groups is 1. The van der Waals surface area contributed by atoms with E-state index in [9.17, 15) is 4.79 Å². The van der Waals surface area contributed by atoms with Crippen LogP contribution in [0.15, 0.2) is 42.5 Å². The first-order chi connectivity index (χ1) is 10.2. The number of nitrogen functional groups attached to an aromatic ring is 1. The van der Waals surface area contributed by atoms with Gasteiger partial charge in [-0.1, -0.05) is 24.3 Å². The van der Waals surface area contributed by atoms with Gasteiger partial charge in [0.1, 0.15) is 0 Å². The smallest absolute Gasteiger partial charge is 0.251 e. The second-order valence-electron chi connectivity index (χ2n) is 5.36. The average molecular weight is 281 g/mol. The lowest BCUT2D eigenvalue weighted by Gasteiger charge is -2.30. The molecule has 0 saturated carbocycles. The molecule has 0 spiro atoms. The normalized spacial score (nSPS) is 15.8. The third-order valence-electron chi connectivity index (χ3n) is 4.04. The summed E-state index contributed by atoms with van der Waals surface area (Å²) < 4.78 is 0. The Labute approximate surface area is 124 Å². The van der Waals surface area contributed by atoms with E-state index in [-0.39, 0.29) is 5.91 Å². The topological polar surface area (TPSA) is 67.2 Å². The molecule has 0 heterocycles. The van der Waals surface area contributed by atoms with Crippen LogP contribution in [0.3, 0.4) is 0 Å². The monoisotopic (exact) mass is 281 g/mol. The lowest BCUT2D eigenvalue weighted by atomic mass is 9.77. The van der Waals surface area contributed by atoms with Crippen molar-refractivity contribution < 1.29 is 4.79 Å². The third-order valence-corrected chi connectivity index (χ3v) is 4.04. The van der Waals surface area contributed by atoms with E-state index in [1.54, 1.807) is 25.2 Å². The van der Waals surface area contributed by atoms with Gasteiger partial charge in [0.15, 0.2) is 0 Å². The number of carbonyl (C=O) groups excluding carboxylic acids is 1. The molecule has 0 aliphatic heterocycles. The number of anilines is 2. The highest BCUT2D eigenvalue weighted by molar-refractivity contribution is 5.96. The van der Waals surface area contributed by atoms with Crippen LogP contribution in [0.1, 0.15) is 27.4 Å². The molecule has 0 aromatic heterocycles. The van der Waals surface area contributed by atoms with Crippen molar-refractivity contribution in [3.05, 3.63) is 59.2 Å². The summed E-state index contributed by atoms with van der Waals surface area (Å²) in [6, 6.07) is 13.8. The zero-order valence-electron chi connectivity index (χ0n) is 12.0. The minimum absolute atomic E-state index is 0.105. The van der Waals surface area contributed by atoms with Gasteiger partial charge in [-0.05, 0) is 35.7 Å². The first kappa shape index (κ1) is 13.5. The Balaban J connectivity index is 1.70. The first-order valence-corrected chi connectivity index (χ1v) is 7.12. The van der Waals surface area contributed by atoms with Crippen molar-refractivity contribution in [2.75, 3.05) is 24.6 Å². The Kier molecular flexibility index (Phi) is 3.52. The summed E-state index contributed by atoms with van der Waals surface area (Å²) in [5.41, 5.74) is 10.9. The number of nitrogens with two attached hydrogens (primary N) is 1. The maximum absolute atomic E-state index is 11.7. The van der Waals surface area contributed by atoms with Crippen LogP contribution < -0.4 is 16.4 Å². The molecule has 4 nitrogen and oxygen atoms in total. The summed E-state index contributed by atoms with van der Waals surface area (Å²) in [4.78, 5) is 11.7. The summed E-state index contributed by atoms with van der Waals surface area (Å²) in [7, 11) is 1.62. The van der Waals surface area contributed by atoms with E-state index in [4.69, 9.17) is 5.73 Å². The summed E-state index contributed by atoms with van der Waals surface area (Å²) in [6.45, 7) is 0.832. The molecule has 21 heavy (non-hydrogen) atoms. The van der Waals surface area contributed by atoms with E-state index in [0.717, 1.165) is 18.7 Å². The molecule has 0 saturated heterocycles. The minimum atomic E-state index is -0.105. The average Bonchev–Trinajstić information content (AvgIpc) is 2.49. The molecule has 3 rings (SSSR count). The molecule has 1 atom stereocenters. The van der Waals surface area contributed by atoms with Crippen molar-refractivity contribution in [3.63, 3.8) is 0 Å². The second-order valence-corrected chi connectivity index (χ2v) is 5.36. The van der Waals surface area contributed by atoms with Gasteiger partial charge in [0.25, 0.3) is 5.91 Å². The number of hydrogen-bond donors (Lipinski definition) is 3. The van der Waals surface area contributed by atoms with Crippen molar-refractivity contribution in [1.82, 2.24) is 5.32 Å². The number of rotatable bonds is 4. The molecule has 108 valence electrons. The van der Waals surface area contributed by atoms with Gasteiger partial charge in [-0.15, -0.1) is 0 Å². The summed E-state index contributed by atoms with van der Waals surface area (Å²) in [5, 5.41) is 5.99. The number of fused-ring (bicyclic) bond motifs is 1. The van der Waals surface area contributed by atoms with E-state index in [2.05, 4.69) is 34.9 Å². The van der Waals surface area contributed by atoms with E-state index in [0.29, 0.717) is 17.2 Å². The fraction of sp³-hybridized carbons (Fsp3) is 0.235. The lowest BCUT2D eigenvalue weighted by molar-refractivity contribution is 0.0963. The molecular weight excluding hydrogens is 262 g/mol. The van der Waals surface area contributed by atoms with Gasteiger partial charge in [-0.3, -0.25) is 4.79 Å². The van der Waals surface area contributed by atoms with E-state index in [1.165, 1.54) is 11.1 Å². The van der Waals surface area contributed by atoms with E-state index < -0.39 is 0 Å². The molecule has 1 aliphatic rings. The quantitative estimate of drug-likeness (QED) is 0.754. The van der Waals surface area contributed by atoms with Gasteiger partial charge in [-0.2, -0.15) is 0 Å².